The van der Waals surface area contributed by atoms with E-state index in [1.807, 2.05) is 0 Å². The summed E-state index contributed by atoms with van der Waals surface area (Å²) in [7, 11) is 0. The van der Waals surface area contributed by atoms with Gasteiger partial charge in [0.2, 0.25) is 0 Å². The molecule has 1 unspecified atom stereocenters. The van der Waals surface area contributed by atoms with E-state index in [4.69, 9.17) is 0 Å². The Hall–Kier alpha value is -1.60. The highest BCUT2D eigenvalue weighted by Crippen LogP contribution is 2.32. The molecule has 3 rings (SSSR count). The SMILES string of the molecule is Cc1cccc(-c2ccccc2C2CCNC2)c1. The van der Waals surface area contributed by atoms with E-state index in [-0.39, 0.29) is 0 Å². The van der Waals surface area contributed by atoms with Gasteiger partial charge in [0.15, 0.2) is 0 Å². The zero-order valence-electron chi connectivity index (χ0n) is 10.8. The van der Waals surface area contributed by atoms with Gasteiger partial charge in [-0.15, -0.1) is 0 Å². The van der Waals surface area contributed by atoms with Crippen LogP contribution in [-0.2, 0) is 0 Å². The lowest BCUT2D eigenvalue weighted by atomic mass is 9.89. The fourth-order valence-corrected chi connectivity index (χ4v) is 2.85. The lowest BCUT2D eigenvalue weighted by Gasteiger charge is -2.15. The van der Waals surface area contributed by atoms with E-state index >= 15 is 0 Å². The molecule has 1 aliphatic rings. The van der Waals surface area contributed by atoms with Gasteiger partial charge in [0.25, 0.3) is 0 Å². The second-order valence-corrected chi connectivity index (χ2v) is 5.15. The van der Waals surface area contributed by atoms with Crippen molar-refractivity contribution in [2.24, 2.45) is 0 Å². The Labute approximate surface area is 109 Å². The molecule has 1 saturated heterocycles. The highest BCUT2D eigenvalue weighted by molar-refractivity contribution is 5.68. The van der Waals surface area contributed by atoms with Crippen molar-refractivity contribution in [3.05, 3.63) is 59.7 Å². The first kappa shape index (κ1) is 11.5. The van der Waals surface area contributed by atoms with Crippen LogP contribution in [0.5, 0.6) is 0 Å². The largest absolute Gasteiger partial charge is 0.316 e. The van der Waals surface area contributed by atoms with E-state index in [1.165, 1.54) is 28.7 Å². The molecule has 0 saturated carbocycles. The summed E-state index contributed by atoms with van der Waals surface area (Å²) in [5, 5.41) is 3.46. The Kier molecular flexibility index (Phi) is 3.16. The van der Waals surface area contributed by atoms with Gasteiger partial charge in [-0.25, -0.2) is 0 Å². The molecular weight excluding hydrogens is 218 g/mol. The van der Waals surface area contributed by atoms with Crippen LogP contribution >= 0.6 is 0 Å². The van der Waals surface area contributed by atoms with Crippen molar-refractivity contribution < 1.29 is 0 Å². The fourth-order valence-electron chi connectivity index (χ4n) is 2.85. The Morgan fingerprint density at radius 3 is 2.72 bits per heavy atom. The third-order valence-corrected chi connectivity index (χ3v) is 3.79. The first-order valence-corrected chi connectivity index (χ1v) is 6.71. The monoisotopic (exact) mass is 237 g/mol. The van der Waals surface area contributed by atoms with Crippen LogP contribution in [0.4, 0.5) is 0 Å². The normalized spacial score (nSPS) is 19.1. The molecule has 1 heteroatoms. The van der Waals surface area contributed by atoms with Crippen molar-refractivity contribution in [2.75, 3.05) is 13.1 Å². The molecule has 2 aromatic rings. The predicted molar refractivity (Wildman–Crippen MR) is 76.8 cm³/mol. The van der Waals surface area contributed by atoms with E-state index in [9.17, 15) is 0 Å². The van der Waals surface area contributed by atoms with E-state index in [0.717, 1.165) is 13.1 Å². The Morgan fingerprint density at radius 2 is 1.94 bits per heavy atom. The quantitative estimate of drug-likeness (QED) is 0.839. The molecule has 2 aromatic carbocycles. The lowest BCUT2D eigenvalue weighted by molar-refractivity contribution is 0.765. The summed E-state index contributed by atoms with van der Waals surface area (Å²) < 4.78 is 0. The second-order valence-electron chi connectivity index (χ2n) is 5.15. The first-order valence-electron chi connectivity index (χ1n) is 6.71. The lowest BCUT2D eigenvalue weighted by Crippen LogP contribution is -2.08. The maximum absolute atomic E-state index is 3.46. The highest BCUT2D eigenvalue weighted by Gasteiger charge is 2.19. The van der Waals surface area contributed by atoms with Gasteiger partial charge < -0.3 is 5.32 Å². The van der Waals surface area contributed by atoms with Crippen molar-refractivity contribution in [1.29, 1.82) is 0 Å². The van der Waals surface area contributed by atoms with Crippen molar-refractivity contribution in [3.8, 4) is 11.1 Å². The molecule has 0 radical (unpaired) electrons. The van der Waals surface area contributed by atoms with Gasteiger partial charge in [0, 0.05) is 6.54 Å². The van der Waals surface area contributed by atoms with Crippen molar-refractivity contribution in [1.82, 2.24) is 5.32 Å². The van der Waals surface area contributed by atoms with Crippen LogP contribution in [0.1, 0.15) is 23.5 Å². The van der Waals surface area contributed by atoms with E-state index in [2.05, 4.69) is 60.8 Å². The van der Waals surface area contributed by atoms with Crippen LogP contribution in [-0.4, -0.2) is 13.1 Å². The second kappa shape index (κ2) is 4.95. The molecule has 0 aromatic heterocycles. The molecule has 0 amide bonds. The van der Waals surface area contributed by atoms with E-state index in [0.29, 0.717) is 5.92 Å². The summed E-state index contributed by atoms with van der Waals surface area (Å²) in [5.41, 5.74) is 5.56. The fraction of sp³-hybridized carbons (Fsp3) is 0.294. The smallest absolute Gasteiger partial charge is 0.00208 e. The summed E-state index contributed by atoms with van der Waals surface area (Å²) in [6, 6.07) is 17.6. The van der Waals surface area contributed by atoms with Crippen LogP contribution in [0, 0.1) is 6.92 Å². The van der Waals surface area contributed by atoms with Gasteiger partial charge in [0.05, 0.1) is 0 Å². The van der Waals surface area contributed by atoms with Crippen molar-refractivity contribution in [3.63, 3.8) is 0 Å². The van der Waals surface area contributed by atoms with Crippen molar-refractivity contribution in [2.45, 2.75) is 19.3 Å². The molecule has 0 aliphatic carbocycles. The maximum Gasteiger partial charge on any atom is 0.00208 e. The summed E-state index contributed by atoms with van der Waals surface area (Å²) >= 11 is 0. The minimum atomic E-state index is 0.668. The summed E-state index contributed by atoms with van der Waals surface area (Å²) in [5.74, 6) is 0.668. The first-order chi connectivity index (χ1) is 8.84. The average Bonchev–Trinajstić information content (AvgIpc) is 2.92. The standard InChI is InChI=1S/C17H19N/c1-13-5-4-6-14(11-13)16-7-2-3-8-17(16)15-9-10-18-12-15/h2-8,11,15,18H,9-10,12H2,1H3. The van der Waals surface area contributed by atoms with E-state index in [1.54, 1.807) is 0 Å². The third kappa shape index (κ3) is 2.19. The van der Waals surface area contributed by atoms with Gasteiger partial charge in [-0.2, -0.15) is 0 Å². The van der Waals surface area contributed by atoms with Gasteiger partial charge in [-0.05, 0) is 42.5 Å². The number of aryl methyl sites for hydroxylation is 1. The molecule has 1 aliphatic heterocycles. The predicted octanol–water partition coefficient (Wildman–Crippen LogP) is 3.74. The topological polar surface area (TPSA) is 12.0 Å². The molecule has 1 atom stereocenters. The van der Waals surface area contributed by atoms with Gasteiger partial charge >= 0.3 is 0 Å². The molecular formula is C17H19N. The molecule has 1 nitrogen and oxygen atoms in total. The minimum Gasteiger partial charge on any atom is -0.316 e. The Bertz CT molecular complexity index is 539. The van der Waals surface area contributed by atoms with E-state index < -0.39 is 0 Å². The number of hydrogen-bond acceptors (Lipinski definition) is 1. The summed E-state index contributed by atoms with van der Waals surface area (Å²) in [6.07, 6.45) is 1.25. The van der Waals surface area contributed by atoms with Crippen molar-refractivity contribution >= 4 is 0 Å². The third-order valence-electron chi connectivity index (χ3n) is 3.79. The minimum absolute atomic E-state index is 0.668. The summed E-state index contributed by atoms with van der Waals surface area (Å²) in [4.78, 5) is 0. The molecule has 0 bridgehead atoms. The number of hydrogen-bond donors (Lipinski definition) is 1. The van der Waals surface area contributed by atoms with Gasteiger partial charge in [-0.1, -0.05) is 54.1 Å². The van der Waals surface area contributed by atoms with Gasteiger partial charge in [-0.3, -0.25) is 0 Å². The number of rotatable bonds is 2. The Balaban J connectivity index is 2.06. The zero-order valence-corrected chi connectivity index (χ0v) is 10.8. The Morgan fingerprint density at radius 1 is 1.06 bits per heavy atom. The molecule has 18 heavy (non-hydrogen) atoms. The average molecular weight is 237 g/mol. The molecule has 1 heterocycles. The van der Waals surface area contributed by atoms with Crippen LogP contribution in [0.2, 0.25) is 0 Å². The summed E-state index contributed by atoms with van der Waals surface area (Å²) in [6.45, 7) is 4.42. The van der Waals surface area contributed by atoms with Crippen LogP contribution in [0.15, 0.2) is 48.5 Å². The van der Waals surface area contributed by atoms with Crippen LogP contribution in [0.3, 0.4) is 0 Å². The molecule has 1 fully saturated rings. The highest BCUT2D eigenvalue weighted by atomic mass is 14.9. The molecule has 92 valence electrons. The zero-order chi connectivity index (χ0) is 12.4. The molecule has 1 N–H and O–H groups in total. The van der Waals surface area contributed by atoms with Crippen LogP contribution in [0.25, 0.3) is 11.1 Å². The number of benzene rings is 2. The van der Waals surface area contributed by atoms with Gasteiger partial charge in [0.1, 0.15) is 0 Å². The van der Waals surface area contributed by atoms with Crippen LogP contribution < -0.4 is 5.32 Å². The number of nitrogens with one attached hydrogen (secondary N) is 1. The molecule has 0 spiro atoms. The maximum atomic E-state index is 3.46.